The van der Waals surface area contributed by atoms with E-state index in [-0.39, 0.29) is 11.7 Å². The number of carbonyl (C=O) groups is 1. The second-order valence-electron chi connectivity index (χ2n) is 3.54. The Labute approximate surface area is 87.1 Å². The number of fused-ring (bicyclic) bond motifs is 1. The first-order valence-electron chi connectivity index (χ1n) is 4.80. The molecule has 0 fully saturated rings. The first-order chi connectivity index (χ1) is 7.22. The summed E-state index contributed by atoms with van der Waals surface area (Å²) in [7, 11) is 0. The third-order valence-electron chi connectivity index (χ3n) is 2.42. The molecule has 1 aromatic carbocycles. The van der Waals surface area contributed by atoms with Gasteiger partial charge < -0.3 is 10.2 Å². The third kappa shape index (κ3) is 1.76. The van der Waals surface area contributed by atoms with E-state index in [1.54, 1.807) is 18.2 Å². The largest absolute Gasteiger partial charge is 0.443 e. The highest BCUT2D eigenvalue weighted by molar-refractivity contribution is 6.00. The molecule has 1 aromatic heterocycles. The molecule has 1 atom stereocenters. The molecule has 2 rings (SSSR count). The Bertz CT molecular complexity index is 490. The maximum absolute atomic E-state index is 11.8. The van der Waals surface area contributed by atoms with Crippen LogP contribution in [0, 0.1) is 5.92 Å². The number of Topliss-reactive ketones (excluding diaryl/α,β-unsaturated/α-hetero) is 1. The van der Waals surface area contributed by atoms with Crippen molar-refractivity contribution in [1.29, 1.82) is 0 Å². The van der Waals surface area contributed by atoms with E-state index in [0.29, 0.717) is 17.7 Å². The molecule has 0 spiro atoms. The molecule has 2 aromatic rings. The highest BCUT2D eigenvalue weighted by Gasteiger charge is 2.14. The summed E-state index contributed by atoms with van der Waals surface area (Å²) in [6, 6.07) is 5.23. The van der Waals surface area contributed by atoms with E-state index in [2.05, 4.69) is 4.98 Å². The molecule has 0 aliphatic heterocycles. The van der Waals surface area contributed by atoms with Crippen molar-refractivity contribution >= 4 is 16.9 Å². The zero-order valence-corrected chi connectivity index (χ0v) is 8.43. The molecule has 1 unspecified atom stereocenters. The van der Waals surface area contributed by atoms with Gasteiger partial charge in [0.15, 0.2) is 17.8 Å². The van der Waals surface area contributed by atoms with Crippen LogP contribution in [0.25, 0.3) is 11.1 Å². The van der Waals surface area contributed by atoms with Gasteiger partial charge in [-0.3, -0.25) is 4.79 Å². The van der Waals surface area contributed by atoms with Gasteiger partial charge in [0.2, 0.25) is 0 Å². The summed E-state index contributed by atoms with van der Waals surface area (Å²) in [5.74, 6) is -0.124. The average Bonchev–Trinajstić information content (AvgIpc) is 2.73. The SMILES string of the molecule is CC(CN)C(=O)c1ccc2ncoc2c1. The van der Waals surface area contributed by atoms with Gasteiger partial charge in [-0.15, -0.1) is 0 Å². The van der Waals surface area contributed by atoms with Crippen molar-refractivity contribution in [2.45, 2.75) is 6.92 Å². The van der Waals surface area contributed by atoms with Gasteiger partial charge in [0.1, 0.15) is 5.52 Å². The van der Waals surface area contributed by atoms with Gasteiger partial charge in [0.05, 0.1) is 0 Å². The fourth-order valence-corrected chi connectivity index (χ4v) is 1.40. The van der Waals surface area contributed by atoms with Gasteiger partial charge in [-0.05, 0) is 18.2 Å². The highest BCUT2D eigenvalue weighted by atomic mass is 16.3. The Balaban J connectivity index is 2.39. The first kappa shape index (κ1) is 9.86. The van der Waals surface area contributed by atoms with Crippen LogP contribution in [-0.4, -0.2) is 17.3 Å². The number of ketones is 1. The van der Waals surface area contributed by atoms with Gasteiger partial charge in [-0.2, -0.15) is 0 Å². The minimum atomic E-state index is -0.162. The number of carbonyl (C=O) groups excluding carboxylic acids is 1. The maximum Gasteiger partial charge on any atom is 0.181 e. The van der Waals surface area contributed by atoms with E-state index in [1.807, 2.05) is 6.92 Å². The van der Waals surface area contributed by atoms with Crippen LogP contribution in [0.5, 0.6) is 0 Å². The Morgan fingerprint density at radius 1 is 1.60 bits per heavy atom. The van der Waals surface area contributed by atoms with Gasteiger partial charge in [-0.25, -0.2) is 4.98 Å². The van der Waals surface area contributed by atoms with Crippen LogP contribution in [-0.2, 0) is 0 Å². The monoisotopic (exact) mass is 204 g/mol. The van der Waals surface area contributed by atoms with Crippen molar-refractivity contribution in [3.05, 3.63) is 30.2 Å². The van der Waals surface area contributed by atoms with Gasteiger partial charge in [0, 0.05) is 18.0 Å². The Morgan fingerprint density at radius 2 is 2.40 bits per heavy atom. The van der Waals surface area contributed by atoms with Crippen molar-refractivity contribution in [3.63, 3.8) is 0 Å². The van der Waals surface area contributed by atoms with Crippen molar-refractivity contribution < 1.29 is 9.21 Å². The maximum atomic E-state index is 11.8. The summed E-state index contributed by atoms with van der Waals surface area (Å²) in [6.07, 6.45) is 1.37. The lowest BCUT2D eigenvalue weighted by molar-refractivity contribution is 0.0934. The minimum absolute atomic E-state index is 0.0378. The molecule has 0 saturated carbocycles. The summed E-state index contributed by atoms with van der Waals surface area (Å²) < 4.78 is 5.13. The zero-order chi connectivity index (χ0) is 10.8. The number of hydrogen-bond acceptors (Lipinski definition) is 4. The number of nitrogens with zero attached hydrogens (tertiary/aromatic N) is 1. The Kier molecular flexibility index (Phi) is 2.51. The summed E-state index contributed by atoms with van der Waals surface area (Å²) in [6.45, 7) is 2.17. The molecule has 0 bridgehead atoms. The molecular weight excluding hydrogens is 192 g/mol. The van der Waals surface area contributed by atoms with Gasteiger partial charge in [0.25, 0.3) is 0 Å². The summed E-state index contributed by atoms with van der Waals surface area (Å²) in [5.41, 5.74) is 7.45. The van der Waals surface area contributed by atoms with E-state index in [0.717, 1.165) is 5.52 Å². The number of aromatic nitrogens is 1. The first-order valence-corrected chi connectivity index (χ1v) is 4.80. The topological polar surface area (TPSA) is 69.1 Å². The number of benzene rings is 1. The minimum Gasteiger partial charge on any atom is -0.443 e. The fraction of sp³-hybridized carbons (Fsp3) is 0.273. The molecule has 78 valence electrons. The molecule has 0 aliphatic carbocycles. The number of nitrogens with two attached hydrogens (primary N) is 1. The molecule has 0 radical (unpaired) electrons. The van der Waals surface area contributed by atoms with E-state index in [1.165, 1.54) is 6.39 Å². The lowest BCUT2D eigenvalue weighted by Crippen LogP contribution is -2.20. The Morgan fingerprint density at radius 3 is 3.13 bits per heavy atom. The van der Waals surface area contributed by atoms with Crippen molar-refractivity contribution in [2.24, 2.45) is 11.7 Å². The van der Waals surface area contributed by atoms with Gasteiger partial charge >= 0.3 is 0 Å². The smallest absolute Gasteiger partial charge is 0.181 e. The molecule has 2 N–H and O–H groups in total. The van der Waals surface area contributed by atoms with E-state index >= 15 is 0 Å². The van der Waals surface area contributed by atoms with Crippen molar-refractivity contribution in [2.75, 3.05) is 6.54 Å². The standard InChI is InChI=1S/C11H12N2O2/c1-7(5-12)11(14)8-2-3-9-10(4-8)15-6-13-9/h2-4,6-7H,5,12H2,1H3. The molecular formula is C11H12N2O2. The third-order valence-corrected chi connectivity index (χ3v) is 2.42. The summed E-state index contributed by atoms with van der Waals surface area (Å²) >= 11 is 0. The number of hydrogen-bond donors (Lipinski definition) is 1. The molecule has 0 amide bonds. The van der Waals surface area contributed by atoms with Crippen LogP contribution in [0.3, 0.4) is 0 Å². The molecule has 1 heterocycles. The second kappa shape index (κ2) is 3.82. The fourth-order valence-electron chi connectivity index (χ4n) is 1.40. The predicted octanol–water partition coefficient (Wildman–Crippen LogP) is 1.61. The molecule has 0 aliphatic rings. The molecule has 4 heteroatoms. The average molecular weight is 204 g/mol. The van der Waals surface area contributed by atoms with Crippen LogP contribution >= 0.6 is 0 Å². The van der Waals surface area contributed by atoms with Gasteiger partial charge in [-0.1, -0.05) is 6.92 Å². The zero-order valence-electron chi connectivity index (χ0n) is 8.43. The van der Waals surface area contributed by atoms with Crippen LogP contribution < -0.4 is 5.73 Å². The predicted molar refractivity (Wildman–Crippen MR) is 56.6 cm³/mol. The van der Waals surface area contributed by atoms with E-state index < -0.39 is 0 Å². The van der Waals surface area contributed by atoms with Crippen molar-refractivity contribution in [3.8, 4) is 0 Å². The lowest BCUT2D eigenvalue weighted by Gasteiger charge is -2.06. The molecule has 0 saturated heterocycles. The van der Waals surface area contributed by atoms with Crippen LogP contribution in [0.4, 0.5) is 0 Å². The van der Waals surface area contributed by atoms with E-state index in [9.17, 15) is 4.79 Å². The van der Waals surface area contributed by atoms with E-state index in [4.69, 9.17) is 10.2 Å². The second-order valence-corrected chi connectivity index (χ2v) is 3.54. The van der Waals surface area contributed by atoms with Crippen molar-refractivity contribution in [1.82, 2.24) is 4.98 Å². The van der Waals surface area contributed by atoms with Crippen LogP contribution in [0.1, 0.15) is 17.3 Å². The lowest BCUT2D eigenvalue weighted by atomic mass is 9.99. The highest BCUT2D eigenvalue weighted by Crippen LogP contribution is 2.16. The van der Waals surface area contributed by atoms with Crippen LogP contribution in [0.15, 0.2) is 29.0 Å². The summed E-state index contributed by atoms with van der Waals surface area (Å²) in [5, 5.41) is 0. The molecule has 15 heavy (non-hydrogen) atoms. The summed E-state index contributed by atoms with van der Waals surface area (Å²) in [4.78, 5) is 15.8. The quantitative estimate of drug-likeness (QED) is 0.771. The Hall–Kier alpha value is -1.68. The van der Waals surface area contributed by atoms with Crippen LogP contribution in [0.2, 0.25) is 0 Å². The normalized spacial score (nSPS) is 12.9. The molecule has 4 nitrogen and oxygen atoms in total. The number of rotatable bonds is 3. The number of oxazole rings is 1.